The van der Waals surface area contributed by atoms with E-state index in [-0.39, 0.29) is 17.3 Å². The maximum absolute atomic E-state index is 12.4. The third-order valence-electron chi connectivity index (χ3n) is 6.07. The standard InChI is InChI=1S/C19H27N7O2S/c1-12(2)26-18-16(23-24-26)6-3-13-11-20-19(22-17(13)18)21-14-7-9-25(10-8-14)29(27,28)15-4-5-15/h11-12,14-15H,3-10H2,1-2H3,(H,20,21,22). The van der Waals surface area contributed by atoms with Crippen LogP contribution in [-0.4, -0.2) is 62.1 Å². The van der Waals surface area contributed by atoms with Gasteiger partial charge in [0.2, 0.25) is 16.0 Å². The Kier molecular flexibility index (Phi) is 4.58. The molecule has 1 saturated heterocycles. The second-order valence-corrected chi connectivity index (χ2v) is 10.8. The zero-order valence-electron chi connectivity index (χ0n) is 16.9. The summed E-state index contributed by atoms with van der Waals surface area (Å²) in [5.74, 6) is 0.594. The molecule has 0 bridgehead atoms. The van der Waals surface area contributed by atoms with Crippen LogP contribution in [0.4, 0.5) is 5.95 Å². The van der Waals surface area contributed by atoms with E-state index >= 15 is 0 Å². The van der Waals surface area contributed by atoms with Gasteiger partial charge in [-0.15, -0.1) is 5.10 Å². The molecular weight excluding hydrogens is 390 g/mol. The van der Waals surface area contributed by atoms with E-state index in [4.69, 9.17) is 4.98 Å². The average Bonchev–Trinajstić information content (AvgIpc) is 3.48. The van der Waals surface area contributed by atoms with Crippen molar-refractivity contribution < 1.29 is 8.42 Å². The number of anilines is 1. The van der Waals surface area contributed by atoms with Crippen LogP contribution in [0.3, 0.4) is 0 Å². The normalized spacial score (nSPS) is 20.5. The number of rotatable bonds is 5. The zero-order valence-corrected chi connectivity index (χ0v) is 17.7. The molecule has 0 radical (unpaired) electrons. The Labute approximate surface area is 171 Å². The van der Waals surface area contributed by atoms with Crippen LogP contribution in [0.2, 0.25) is 0 Å². The molecule has 0 aromatic carbocycles. The minimum Gasteiger partial charge on any atom is -0.351 e. The Bertz CT molecular complexity index is 1020. The average molecular weight is 418 g/mol. The van der Waals surface area contributed by atoms with E-state index < -0.39 is 10.0 Å². The van der Waals surface area contributed by atoms with Gasteiger partial charge in [0.25, 0.3) is 0 Å². The number of nitrogens with one attached hydrogen (secondary N) is 1. The van der Waals surface area contributed by atoms with Gasteiger partial charge < -0.3 is 5.32 Å². The number of aryl methyl sites for hydroxylation is 2. The molecule has 2 aromatic rings. The van der Waals surface area contributed by atoms with E-state index in [1.54, 1.807) is 4.31 Å². The minimum atomic E-state index is -3.08. The van der Waals surface area contributed by atoms with Crippen LogP contribution in [0.5, 0.6) is 0 Å². The lowest BCUT2D eigenvalue weighted by atomic mass is 9.97. The number of hydrogen-bond donors (Lipinski definition) is 1. The molecule has 1 N–H and O–H groups in total. The Morgan fingerprint density at radius 1 is 1.14 bits per heavy atom. The summed E-state index contributed by atoms with van der Waals surface area (Å²) >= 11 is 0. The van der Waals surface area contributed by atoms with Gasteiger partial charge in [-0.1, -0.05) is 5.21 Å². The molecule has 10 heteroatoms. The third kappa shape index (κ3) is 3.42. The minimum absolute atomic E-state index is 0.135. The molecule has 9 nitrogen and oxygen atoms in total. The van der Waals surface area contributed by atoms with E-state index in [1.165, 1.54) is 0 Å². The van der Waals surface area contributed by atoms with Gasteiger partial charge >= 0.3 is 0 Å². The first-order chi connectivity index (χ1) is 13.9. The van der Waals surface area contributed by atoms with Crippen LogP contribution in [0.25, 0.3) is 11.4 Å². The summed E-state index contributed by atoms with van der Waals surface area (Å²) in [5.41, 5.74) is 4.03. The first kappa shape index (κ1) is 18.9. The van der Waals surface area contributed by atoms with E-state index in [9.17, 15) is 8.42 Å². The van der Waals surface area contributed by atoms with Crippen LogP contribution in [0.15, 0.2) is 6.20 Å². The van der Waals surface area contributed by atoms with Crippen molar-refractivity contribution in [2.45, 2.75) is 69.7 Å². The molecule has 3 aliphatic rings. The summed E-state index contributed by atoms with van der Waals surface area (Å²) in [6, 6.07) is 0.385. The van der Waals surface area contributed by atoms with Crippen molar-refractivity contribution in [3.63, 3.8) is 0 Å². The van der Waals surface area contributed by atoms with Crippen molar-refractivity contribution in [2.75, 3.05) is 18.4 Å². The summed E-state index contributed by atoms with van der Waals surface area (Å²) in [6.45, 7) is 5.31. The molecule has 1 aliphatic heterocycles. The zero-order chi connectivity index (χ0) is 20.2. The van der Waals surface area contributed by atoms with Gasteiger partial charge in [-0.3, -0.25) is 0 Å². The first-order valence-electron chi connectivity index (χ1n) is 10.5. The molecule has 0 amide bonds. The number of aromatic nitrogens is 5. The lowest BCUT2D eigenvalue weighted by Gasteiger charge is -2.31. The number of piperidine rings is 1. The van der Waals surface area contributed by atoms with Gasteiger partial charge in [0.1, 0.15) is 5.69 Å². The monoisotopic (exact) mass is 417 g/mol. The molecule has 1 saturated carbocycles. The lowest BCUT2D eigenvalue weighted by molar-refractivity contribution is 0.328. The molecule has 0 atom stereocenters. The molecule has 0 spiro atoms. The third-order valence-corrected chi connectivity index (χ3v) is 8.46. The van der Waals surface area contributed by atoms with Gasteiger partial charge in [0.15, 0.2) is 0 Å². The van der Waals surface area contributed by atoms with Crippen molar-refractivity contribution in [1.29, 1.82) is 0 Å². The Balaban J connectivity index is 1.32. The van der Waals surface area contributed by atoms with Gasteiger partial charge in [0.05, 0.1) is 16.6 Å². The van der Waals surface area contributed by atoms with Crippen LogP contribution in [0.1, 0.15) is 56.8 Å². The highest BCUT2D eigenvalue weighted by molar-refractivity contribution is 7.90. The molecule has 2 aromatic heterocycles. The van der Waals surface area contributed by atoms with Gasteiger partial charge in [-0.05, 0) is 57.9 Å². The second kappa shape index (κ2) is 7.02. The van der Waals surface area contributed by atoms with E-state index in [1.807, 2.05) is 10.9 Å². The number of hydrogen-bond acceptors (Lipinski definition) is 7. The van der Waals surface area contributed by atoms with Crippen molar-refractivity contribution in [3.05, 3.63) is 17.5 Å². The quantitative estimate of drug-likeness (QED) is 0.790. The Morgan fingerprint density at radius 2 is 1.90 bits per heavy atom. The fraction of sp³-hybridized carbons (Fsp3) is 0.684. The summed E-state index contributed by atoms with van der Waals surface area (Å²) in [4.78, 5) is 9.33. The molecule has 29 heavy (non-hydrogen) atoms. The van der Waals surface area contributed by atoms with Gasteiger partial charge in [0, 0.05) is 31.4 Å². The largest absolute Gasteiger partial charge is 0.351 e. The van der Waals surface area contributed by atoms with E-state index in [0.717, 1.165) is 61.2 Å². The smallest absolute Gasteiger partial charge is 0.223 e. The first-order valence-corrected chi connectivity index (χ1v) is 12.0. The van der Waals surface area contributed by atoms with E-state index in [0.29, 0.717) is 19.0 Å². The maximum atomic E-state index is 12.4. The van der Waals surface area contributed by atoms with Crippen molar-refractivity contribution in [2.24, 2.45) is 0 Å². The predicted octanol–water partition coefficient (Wildman–Crippen LogP) is 1.78. The van der Waals surface area contributed by atoms with Gasteiger partial charge in [-0.25, -0.2) is 27.4 Å². The fourth-order valence-corrected chi connectivity index (χ4v) is 6.11. The molecular formula is C19H27N7O2S. The maximum Gasteiger partial charge on any atom is 0.223 e. The highest BCUT2D eigenvalue weighted by atomic mass is 32.2. The van der Waals surface area contributed by atoms with Crippen LogP contribution in [-0.2, 0) is 22.9 Å². The van der Waals surface area contributed by atoms with Crippen LogP contribution < -0.4 is 5.32 Å². The molecule has 2 fully saturated rings. The summed E-state index contributed by atoms with van der Waals surface area (Å²) in [6.07, 6.45) is 6.79. The highest BCUT2D eigenvalue weighted by Gasteiger charge is 2.41. The van der Waals surface area contributed by atoms with Crippen molar-refractivity contribution in [1.82, 2.24) is 29.3 Å². The Hall–Kier alpha value is -2.07. The van der Waals surface area contributed by atoms with Crippen molar-refractivity contribution >= 4 is 16.0 Å². The second-order valence-electron chi connectivity index (χ2n) is 8.55. The van der Waals surface area contributed by atoms with Crippen LogP contribution in [0, 0.1) is 0 Å². The number of sulfonamides is 1. The van der Waals surface area contributed by atoms with Crippen molar-refractivity contribution in [3.8, 4) is 11.4 Å². The summed E-state index contributed by atoms with van der Waals surface area (Å²) < 4.78 is 28.4. The molecule has 2 aliphatic carbocycles. The number of nitrogens with zero attached hydrogens (tertiary/aromatic N) is 6. The predicted molar refractivity (Wildman–Crippen MR) is 109 cm³/mol. The molecule has 3 heterocycles. The highest BCUT2D eigenvalue weighted by Crippen LogP contribution is 2.34. The number of fused-ring (bicyclic) bond motifs is 3. The summed E-state index contributed by atoms with van der Waals surface area (Å²) in [7, 11) is -3.08. The fourth-order valence-electron chi connectivity index (χ4n) is 4.23. The van der Waals surface area contributed by atoms with E-state index in [2.05, 4.69) is 34.5 Å². The summed E-state index contributed by atoms with van der Waals surface area (Å²) in [5, 5.41) is 11.9. The van der Waals surface area contributed by atoms with Crippen LogP contribution >= 0.6 is 0 Å². The Morgan fingerprint density at radius 3 is 2.59 bits per heavy atom. The SMILES string of the molecule is CC(C)n1nnc2c1-c1nc(NC3CCN(S(=O)(=O)C4CC4)CC3)ncc1CC2. The topological polar surface area (TPSA) is 106 Å². The van der Waals surface area contributed by atoms with Gasteiger partial charge in [-0.2, -0.15) is 0 Å². The molecule has 0 unspecified atom stereocenters. The molecule has 156 valence electrons. The molecule has 5 rings (SSSR count). The lowest BCUT2D eigenvalue weighted by Crippen LogP contribution is -2.43.